The Bertz CT molecular complexity index is 975. The minimum absolute atomic E-state index is 0.0240. The molecule has 0 spiro atoms. The second-order valence-corrected chi connectivity index (χ2v) is 10.1. The van der Waals surface area contributed by atoms with E-state index in [0.717, 1.165) is 31.7 Å². The number of carbonyl (C=O) groups is 2. The number of hydrogen-bond donors (Lipinski definition) is 1. The Balaban J connectivity index is 1.46. The molecule has 184 valence electrons. The maximum absolute atomic E-state index is 13.4. The van der Waals surface area contributed by atoms with Crippen LogP contribution in [0.15, 0.2) is 18.2 Å². The highest BCUT2D eigenvalue weighted by Gasteiger charge is 2.45. The Morgan fingerprint density at radius 3 is 2.35 bits per heavy atom. The van der Waals surface area contributed by atoms with E-state index < -0.39 is 11.7 Å². The molecule has 1 saturated carbocycles. The average molecular weight is 477 g/mol. The van der Waals surface area contributed by atoms with Gasteiger partial charge in [0.1, 0.15) is 0 Å². The van der Waals surface area contributed by atoms with Gasteiger partial charge in [-0.3, -0.25) is 9.59 Å². The van der Waals surface area contributed by atoms with Gasteiger partial charge in [0.2, 0.25) is 11.8 Å². The van der Waals surface area contributed by atoms with Crippen LogP contribution in [0.5, 0.6) is 0 Å². The molecule has 1 aliphatic carbocycles. The number of nitrogens with zero attached hydrogens (tertiary/aromatic N) is 3. The van der Waals surface area contributed by atoms with Crippen LogP contribution in [0, 0.1) is 35.0 Å². The van der Waals surface area contributed by atoms with Crippen LogP contribution in [0.25, 0.3) is 0 Å². The zero-order valence-corrected chi connectivity index (χ0v) is 19.6. The standard InChI is InChI=1S/C25H31F3N4O2/c1-15(2)24(34)32-13-20(21(14-32)23(33)30-18-4-5-18)16-7-9-31(10-8-16)19-6-3-17(12-29)22(11-19)25(26,27)28/h3,6,11,15-16,18,20-21H,4-5,7-10,13-14H2,1-2H3,(H,30,33)/t20-,21+/m0/s1. The fraction of sp³-hybridized carbons (Fsp3) is 0.640. The number of rotatable bonds is 5. The highest BCUT2D eigenvalue weighted by Crippen LogP contribution is 2.39. The van der Waals surface area contributed by atoms with Crippen LogP contribution < -0.4 is 10.2 Å². The lowest BCUT2D eigenvalue weighted by atomic mass is 9.78. The largest absolute Gasteiger partial charge is 0.417 e. The van der Waals surface area contributed by atoms with Crippen LogP contribution >= 0.6 is 0 Å². The molecule has 2 aliphatic heterocycles. The van der Waals surface area contributed by atoms with Crippen molar-refractivity contribution in [3.63, 3.8) is 0 Å². The Kier molecular flexibility index (Phi) is 6.79. The summed E-state index contributed by atoms with van der Waals surface area (Å²) in [5.74, 6) is -0.0252. The third kappa shape index (κ3) is 5.16. The van der Waals surface area contributed by atoms with Gasteiger partial charge in [-0.15, -0.1) is 0 Å². The summed E-state index contributed by atoms with van der Waals surface area (Å²) in [5, 5.41) is 12.1. The molecule has 0 radical (unpaired) electrons. The van der Waals surface area contributed by atoms with E-state index in [9.17, 15) is 22.8 Å². The molecule has 3 fully saturated rings. The van der Waals surface area contributed by atoms with E-state index >= 15 is 0 Å². The summed E-state index contributed by atoms with van der Waals surface area (Å²) in [4.78, 5) is 29.4. The third-order valence-electron chi connectivity index (χ3n) is 7.37. The summed E-state index contributed by atoms with van der Waals surface area (Å²) in [7, 11) is 0. The molecule has 9 heteroatoms. The van der Waals surface area contributed by atoms with Crippen molar-refractivity contribution in [2.45, 2.75) is 51.7 Å². The number of amides is 2. The molecule has 3 aliphatic rings. The zero-order valence-electron chi connectivity index (χ0n) is 19.6. The molecule has 2 heterocycles. The summed E-state index contributed by atoms with van der Waals surface area (Å²) in [6, 6.07) is 5.73. The number of alkyl halides is 3. The van der Waals surface area contributed by atoms with E-state index in [4.69, 9.17) is 5.26 Å². The number of halogens is 3. The van der Waals surface area contributed by atoms with Gasteiger partial charge in [0, 0.05) is 43.8 Å². The predicted octanol–water partition coefficient (Wildman–Crippen LogP) is 3.80. The first-order chi connectivity index (χ1) is 16.1. The highest BCUT2D eigenvalue weighted by atomic mass is 19.4. The van der Waals surface area contributed by atoms with Gasteiger partial charge in [-0.2, -0.15) is 18.4 Å². The Morgan fingerprint density at radius 1 is 1.12 bits per heavy atom. The quantitative estimate of drug-likeness (QED) is 0.702. The van der Waals surface area contributed by atoms with E-state index in [1.165, 1.54) is 6.07 Å². The van der Waals surface area contributed by atoms with Gasteiger partial charge in [0.25, 0.3) is 0 Å². The van der Waals surface area contributed by atoms with Crippen LogP contribution in [0.4, 0.5) is 18.9 Å². The number of nitrogens with one attached hydrogen (secondary N) is 1. The van der Waals surface area contributed by atoms with Crippen molar-refractivity contribution >= 4 is 17.5 Å². The Labute approximate surface area is 198 Å². The van der Waals surface area contributed by atoms with E-state index in [-0.39, 0.29) is 47.1 Å². The zero-order chi connectivity index (χ0) is 24.6. The van der Waals surface area contributed by atoms with Gasteiger partial charge in [-0.1, -0.05) is 13.8 Å². The smallest absolute Gasteiger partial charge is 0.372 e. The van der Waals surface area contributed by atoms with E-state index in [2.05, 4.69) is 5.32 Å². The van der Waals surface area contributed by atoms with Crippen molar-refractivity contribution in [2.75, 3.05) is 31.1 Å². The molecule has 0 bridgehead atoms. The first-order valence-electron chi connectivity index (χ1n) is 12.0. The highest BCUT2D eigenvalue weighted by molar-refractivity contribution is 5.83. The molecule has 2 saturated heterocycles. The molecule has 1 aromatic carbocycles. The maximum atomic E-state index is 13.4. The van der Waals surface area contributed by atoms with Crippen LogP contribution in [0.2, 0.25) is 0 Å². The van der Waals surface area contributed by atoms with Gasteiger partial charge in [0.05, 0.1) is 23.1 Å². The van der Waals surface area contributed by atoms with Crippen molar-refractivity contribution in [1.29, 1.82) is 5.26 Å². The molecular formula is C25H31F3N4O2. The number of anilines is 1. The molecule has 0 aromatic heterocycles. The summed E-state index contributed by atoms with van der Waals surface area (Å²) in [6.45, 7) is 5.85. The number of nitriles is 1. The summed E-state index contributed by atoms with van der Waals surface area (Å²) in [5.41, 5.74) is -0.836. The summed E-state index contributed by atoms with van der Waals surface area (Å²) >= 11 is 0. The molecule has 6 nitrogen and oxygen atoms in total. The maximum Gasteiger partial charge on any atom is 0.417 e. The molecule has 4 rings (SSSR count). The summed E-state index contributed by atoms with van der Waals surface area (Å²) in [6.07, 6.45) is -1.11. The molecule has 34 heavy (non-hydrogen) atoms. The second kappa shape index (κ2) is 9.47. The molecule has 1 N–H and O–H groups in total. The van der Waals surface area contributed by atoms with E-state index in [0.29, 0.717) is 31.9 Å². The van der Waals surface area contributed by atoms with Gasteiger partial charge in [-0.05, 0) is 55.7 Å². The fourth-order valence-electron chi connectivity index (χ4n) is 5.31. The average Bonchev–Trinajstić information content (AvgIpc) is 3.51. The molecule has 1 aromatic rings. The molecular weight excluding hydrogens is 445 g/mol. The van der Waals surface area contributed by atoms with Gasteiger partial charge >= 0.3 is 6.18 Å². The Hall–Kier alpha value is -2.76. The van der Waals surface area contributed by atoms with Gasteiger partial charge < -0.3 is 15.1 Å². The lowest BCUT2D eigenvalue weighted by molar-refractivity contribution is -0.138. The van der Waals surface area contributed by atoms with Crippen molar-refractivity contribution in [2.24, 2.45) is 23.7 Å². The van der Waals surface area contributed by atoms with E-state index in [1.807, 2.05) is 23.6 Å². The predicted molar refractivity (Wildman–Crippen MR) is 121 cm³/mol. The van der Waals surface area contributed by atoms with Gasteiger partial charge in [0.15, 0.2) is 0 Å². The van der Waals surface area contributed by atoms with Crippen LogP contribution in [-0.2, 0) is 15.8 Å². The molecule has 2 atom stereocenters. The van der Waals surface area contributed by atoms with Crippen LogP contribution in [0.1, 0.15) is 50.7 Å². The SMILES string of the molecule is CC(C)C(=O)N1C[C@@H](C(=O)NC2CC2)[C@H](C2CCN(c3ccc(C#N)c(C(F)(F)F)c3)CC2)C1. The lowest BCUT2D eigenvalue weighted by Crippen LogP contribution is -2.42. The number of benzene rings is 1. The van der Waals surface area contributed by atoms with Gasteiger partial charge in [-0.25, -0.2) is 0 Å². The topological polar surface area (TPSA) is 76.4 Å². The Morgan fingerprint density at radius 2 is 1.79 bits per heavy atom. The molecule has 2 amide bonds. The van der Waals surface area contributed by atoms with Crippen molar-refractivity contribution in [3.05, 3.63) is 29.3 Å². The fourth-order valence-corrected chi connectivity index (χ4v) is 5.31. The van der Waals surface area contributed by atoms with Crippen molar-refractivity contribution in [3.8, 4) is 6.07 Å². The normalized spacial score (nSPS) is 23.8. The lowest BCUT2D eigenvalue weighted by Gasteiger charge is -2.37. The monoisotopic (exact) mass is 476 g/mol. The minimum Gasteiger partial charge on any atom is -0.372 e. The second-order valence-electron chi connectivity index (χ2n) is 10.1. The van der Waals surface area contributed by atoms with E-state index in [1.54, 1.807) is 12.1 Å². The first-order valence-corrected chi connectivity index (χ1v) is 12.0. The number of carbonyl (C=O) groups excluding carboxylic acids is 2. The van der Waals surface area contributed by atoms with Crippen molar-refractivity contribution < 1.29 is 22.8 Å². The van der Waals surface area contributed by atoms with Crippen LogP contribution in [-0.4, -0.2) is 48.9 Å². The third-order valence-corrected chi connectivity index (χ3v) is 7.37. The van der Waals surface area contributed by atoms with Crippen LogP contribution in [0.3, 0.4) is 0 Å². The summed E-state index contributed by atoms with van der Waals surface area (Å²) < 4.78 is 40.1. The van der Waals surface area contributed by atoms with Crippen molar-refractivity contribution in [1.82, 2.24) is 10.2 Å². The number of likely N-dealkylation sites (tertiary alicyclic amines) is 1. The minimum atomic E-state index is -4.59. The molecule has 0 unspecified atom stereocenters. The number of piperidine rings is 1. The number of hydrogen-bond acceptors (Lipinski definition) is 4. The first kappa shape index (κ1) is 24.4.